The number of anilines is 2. The summed E-state index contributed by atoms with van der Waals surface area (Å²) in [6.45, 7) is 2.02. The smallest absolute Gasteiger partial charge is 0.159 e. The first-order valence-electron chi connectivity index (χ1n) is 13.6. The number of rotatable bonds is 6. The highest BCUT2D eigenvalue weighted by atomic mass is 16.3. The van der Waals surface area contributed by atoms with Gasteiger partial charge in [-0.1, -0.05) is 12.8 Å². The zero-order valence-corrected chi connectivity index (χ0v) is 21.2. The predicted molar refractivity (Wildman–Crippen MR) is 148 cm³/mol. The van der Waals surface area contributed by atoms with Crippen LogP contribution in [0.3, 0.4) is 0 Å². The van der Waals surface area contributed by atoms with Crippen LogP contribution in [-0.2, 0) is 0 Å². The summed E-state index contributed by atoms with van der Waals surface area (Å²) in [5, 5.41) is 22.5. The molecule has 1 aliphatic carbocycles. The predicted octanol–water partition coefficient (Wildman–Crippen LogP) is 4.87. The van der Waals surface area contributed by atoms with Gasteiger partial charge in [0.1, 0.15) is 17.4 Å². The van der Waals surface area contributed by atoms with Gasteiger partial charge in [0.2, 0.25) is 0 Å². The molecular weight excluding hydrogens is 478 g/mol. The molecule has 0 spiro atoms. The highest BCUT2D eigenvalue weighted by molar-refractivity contribution is 5.96. The number of pyridine rings is 3. The summed E-state index contributed by atoms with van der Waals surface area (Å²) in [5.41, 5.74) is 5.82. The summed E-state index contributed by atoms with van der Waals surface area (Å²) in [5.74, 6) is 1.92. The summed E-state index contributed by atoms with van der Waals surface area (Å²) < 4.78 is 0. The van der Waals surface area contributed by atoms with Gasteiger partial charge < -0.3 is 20.3 Å². The van der Waals surface area contributed by atoms with Gasteiger partial charge >= 0.3 is 0 Å². The number of fused-ring (bicyclic) bond motifs is 2. The van der Waals surface area contributed by atoms with Gasteiger partial charge in [0.25, 0.3) is 0 Å². The zero-order chi connectivity index (χ0) is 25.5. The lowest BCUT2D eigenvalue weighted by Crippen LogP contribution is -2.30. The molecular formula is C28H31N9O. The summed E-state index contributed by atoms with van der Waals surface area (Å²) >= 11 is 0. The Labute approximate surface area is 220 Å². The lowest BCUT2D eigenvalue weighted by atomic mass is 10.1. The number of aromatic amines is 2. The van der Waals surface area contributed by atoms with E-state index >= 15 is 0 Å². The van der Waals surface area contributed by atoms with Gasteiger partial charge in [0.05, 0.1) is 34.8 Å². The monoisotopic (exact) mass is 509 g/mol. The Morgan fingerprint density at radius 1 is 0.974 bits per heavy atom. The second-order valence-electron chi connectivity index (χ2n) is 10.4. The first-order valence-corrected chi connectivity index (χ1v) is 13.6. The Kier molecular flexibility index (Phi) is 5.88. The molecule has 1 aliphatic heterocycles. The SMILES string of the molecule is OC(Nc1cncc(-c2cc3c(-c4nc5c(N6CCCCC6)nccc5[nH]4)n[nH]c3cn2)c1)C1CCCC1. The summed E-state index contributed by atoms with van der Waals surface area (Å²) in [6.07, 6.45) is 14.7. The van der Waals surface area contributed by atoms with Crippen LogP contribution in [0.5, 0.6) is 0 Å². The minimum absolute atomic E-state index is 0.288. The average molecular weight is 510 g/mol. The lowest BCUT2D eigenvalue weighted by molar-refractivity contribution is 0.137. The molecule has 0 amide bonds. The van der Waals surface area contributed by atoms with Crippen molar-refractivity contribution in [2.75, 3.05) is 23.3 Å². The standard InChI is InChI=1S/C28H31N9O/c38-28(17-6-2-3-7-17)32-19-12-18(14-29-15-19)22-13-20-23(16-31-22)35-36-24(20)26-33-21-8-9-30-27(25(21)34-26)37-10-4-1-5-11-37/h8-9,12-17,28,32,38H,1-7,10-11H2,(H,33,34)(H,35,36). The van der Waals surface area contributed by atoms with Crippen LogP contribution in [0.4, 0.5) is 11.5 Å². The van der Waals surface area contributed by atoms with Crippen LogP contribution in [0.25, 0.3) is 44.7 Å². The van der Waals surface area contributed by atoms with Gasteiger partial charge in [-0.25, -0.2) is 9.97 Å². The second-order valence-corrected chi connectivity index (χ2v) is 10.4. The van der Waals surface area contributed by atoms with Crippen molar-refractivity contribution in [2.24, 2.45) is 5.92 Å². The molecule has 5 aromatic heterocycles. The Bertz CT molecular complexity index is 1580. The number of nitrogens with zero attached hydrogens (tertiary/aromatic N) is 6. The number of hydrogen-bond donors (Lipinski definition) is 4. The van der Waals surface area contributed by atoms with Gasteiger partial charge in [-0.05, 0) is 50.3 Å². The molecule has 38 heavy (non-hydrogen) atoms. The molecule has 10 heteroatoms. The van der Waals surface area contributed by atoms with E-state index in [4.69, 9.17) is 4.98 Å². The fourth-order valence-electron chi connectivity index (χ4n) is 5.85. The molecule has 7 rings (SSSR count). The van der Waals surface area contributed by atoms with Crippen LogP contribution < -0.4 is 10.2 Å². The van der Waals surface area contributed by atoms with E-state index in [1.165, 1.54) is 32.1 Å². The van der Waals surface area contributed by atoms with E-state index in [0.29, 0.717) is 5.82 Å². The van der Waals surface area contributed by atoms with E-state index in [2.05, 4.69) is 40.3 Å². The van der Waals surface area contributed by atoms with E-state index in [1.54, 1.807) is 18.6 Å². The Balaban J connectivity index is 1.22. The van der Waals surface area contributed by atoms with E-state index in [-0.39, 0.29) is 5.92 Å². The van der Waals surface area contributed by atoms with Crippen molar-refractivity contribution in [2.45, 2.75) is 51.2 Å². The molecule has 2 fully saturated rings. The van der Waals surface area contributed by atoms with Crippen molar-refractivity contribution in [3.05, 3.63) is 43.0 Å². The van der Waals surface area contributed by atoms with Crippen molar-refractivity contribution in [3.63, 3.8) is 0 Å². The molecule has 194 valence electrons. The maximum Gasteiger partial charge on any atom is 0.159 e. The molecule has 10 nitrogen and oxygen atoms in total. The summed E-state index contributed by atoms with van der Waals surface area (Å²) in [7, 11) is 0. The van der Waals surface area contributed by atoms with E-state index in [1.807, 2.05) is 24.4 Å². The lowest BCUT2D eigenvalue weighted by Gasteiger charge is -2.27. The van der Waals surface area contributed by atoms with Crippen LogP contribution in [0, 0.1) is 5.92 Å². The number of imidazole rings is 1. The Hall–Kier alpha value is -4.05. The van der Waals surface area contributed by atoms with Crippen molar-refractivity contribution < 1.29 is 5.11 Å². The van der Waals surface area contributed by atoms with Gasteiger partial charge in [-0.15, -0.1) is 0 Å². The summed E-state index contributed by atoms with van der Waals surface area (Å²) in [4.78, 5) is 24.5. The zero-order valence-electron chi connectivity index (χ0n) is 21.2. The third-order valence-electron chi connectivity index (χ3n) is 7.90. The molecule has 5 aromatic rings. The third-order valence-corrected chi connectivity index (χ3v) is 7.90. The van der Waals surface area contributed by atoms with Crippen molar-refractivity contribution in [1.82, 2.24) is 35.1 Å². The highest BCUT2D eigenvalue weighted by Gasteiger charge is 2.23. The minimum atomic E-state index is -0.567. The van der Waals surface area contributed by atoms with E-state index < -0.39 is 6.23 Å². The Morgan fingerprint density at radius 3 is 2.71 bits per heavy atom. The fourth-order valence-corrected chi connectivity index (χ4v) is 5.85. The fraction of sp³-hybridized carbons (Fsp3) is 0.393. The maximum absolute atomic E-state index is 10.6. The number of aliphatic hydroxyl groups excluding tert-OH is 1. The topological polar surface area (TPSA) is 132 Å². The van der Waals surface area contributed by atoms with E-state index in [0.717, 1.165) is 76.3 Å². The molecule has 4 N–H and O–H groups in total. The van der Waals surface area contributed by atoms with Crippen LogP contribution >= 0.6 is 0 Å². The number of piperidine rings is 1. The number of H-pyrrole nitrogens is 2. The molecule has 2 aliphatic rings. The molecule has 1 atom stereocenters. The normalized spacial score (nSPS) is 17.4. The molecule has 6 heterocycles. The number of aromatic nitrogens is 7. The number of nitrogens with one attached hydrogen (secondary N) is 3. The van der Waals surface area contributed by atoms with Crippen LogP contribution in [0.1, 0.15) is 44.9 Å². The van der Waals surface area contributed by atoms with Crippen molar-refractivity contribution in [3.8, 4) is 22.8 Å². The van der Waals surface area contributed by atoms with Crippen LogP contribution in [-0.4, -0.2) is 59.5 Å². The molecule has 0 radical (unpaired) electrons. The molecule has 1 unspecified atom stereocenters. The van der Waals surface area contributed by atoms with Crippen LogP contribution in [0.15, 0.2) is 43.0 Å². The number of hydrogen-bond acceptors (Lipinski definition) is 8. The molecule has 0 bridgehead atoms. The van der Waals surface area contributed by atoms with Gasteiger partial charge in [0.15, 0.2) is 11.6 Å². The summed E-state index contributed by atoms with van der Waals surface area (Å²) in [6, 6.07) is 5.96. The van der Waals surface area contributed by atoms with Crippen molar-refractivity contribution in [1.29, 1.82) is 0 Å². The number of aliphatic hydroxyl groups is 1. The maximum atomic E-state index is 10.6. The highest BCUT2D eigenvalue weighted by Crippen LogP contribution is 2.33. The largest absolute Gasteiger partial charge is 0.374 e. The third kappa shape index (κ3) is 4.24. The molecule has 0 aromatic carbocycles. The van der Waals surface area contributed by atoms with Gasteiger partial charge in [-0.3, -0.25) is 15.1 Å². The van der Waals surface area contributed by atoms with Crippen LogP contribution in [0.2, 0.25) is 0 Å². The minimum Gasteiger partial charge on any atom is -0.374 e. The van der Waals surface area contributed by atoms with Crippen molar-refractivity contribution >= 4 is 33.4 Å². The Morgan fingerprint density at radius 2 is 1.84 bits per heavy atom. The average Bonchev–Trinajstić information content (AvgIpc) is 3.73. The molecule has 1 saturated carbocycles. The molecule has 1 saturated heterocycles. The second kappa shape index (κ2) is 9.68. The first-order chi connectivity index (χ1) is 18.7. The van der Waals surface area contributed by atoms with Gasteiger partial charge in [-0.2, -0.15) is 5.10 Å². The first kappa shape index (κ1) is 23.1. The van der Waals surface area contributed by atoms with E-state index in [9.17, 15) is 5.11 Å². The van der Waals surface area contributed by atoms with Gasteiger partial charge in [0, 0.05) is 42.4 Å². The quantitative estimate of drug-likeness (QED) is 0.239.